The van der Waals surface area contributed by atoms with Crippen LogP contribution in [-0.4, -0.2) is 43.7 Å². The highest BCUT2D eigenvalue weighted by Crippen LogP contribution is 2.27. The zero-order chi connectivity index (χ0) is 15.9. The summed E-state index contributed by atoms with van der Waals surface area (Å²) in [5.74, 6) is 1.32. The summed E-state index contributed by atoms with van der Waals surface area (Å²) in [6.07, 6.45) is 3.72. The van der Waals surface area contributed by atoms with Gasteiger partial charge in [-0.2, -0.15) is 0 Å². The van der Waals surface area contributed by atoms with Crippen LogP contribution in [0.5, 0.6) is 11.5 Å². The third-order valence-electron chi connectivity index (χ3n) is 4.00. The minimum absolute atomic E-state index is 0.0149. The molecule has 1 aliphatic rings. The Balaban J connectivity index is 2.15. The van der Waals surface area contributed by atoms with Gasteiger partial charge in [0.25, 0.3) is 5.91 Å². The molecule has 2 N–H and O–H groups in total. The standard InChI is InChI=1S/C17H26N2O3/c1-3-4-11-22-16-12-14(21-2)5-6-15(16)17(20)19-9-7-13(18)8-10-19/h5-6,12-13H,3-4,7-11,18H2,1-2H3. The van der Waals surface area contributed by atoms with E-state index in [1.165, 1.54) is 0 Å². The number of unbranched alkanes of at least 4 members (excludes halogenated alkanes) is 1. The third-order valence-corrected chi connectivity index (χ3v) is 4.00. The lowest BCUT2D eigenvalue weighted by atomic mass is 10.0. The van der Waals surface area contributed by atoms with Gasteiger partial charge >= 0.3 is 0 Å². The molecule has 1 aliphatic heterocycles. The number of likely N-dealkylation sites (tertiary alicyclic amines) is 1. The molecule has 0 saturated carbocycles. The van der Waals surface area contributed by atoms with Crippen molar-refractivity contribution in [3.63, 3.8) is 0 Å². The summed E-state index contributed by atoms with van der Waals surface area (Å²) in [4.78, 5) is 14.6. The fourth-order valence-corrected chi connectivity index (χ4v) is 2.53. The van der Waals surface area contributed by atoms with Gasteiger partial charge in [-0.25, -0.2) is 0 Å². The highest BCUT2D eigenvalue weighted by Gasteiger charge is 2.24. The maximum atomic E-state index is 12.7. The van der Waals surface area contributed by atoms with Crippen molar-refractivity contribution in [2.24, 2.45) is 5.73 Å². The first-order chi connectivity index (χ1) is 10.7. The van der Waals surface area contributed by atoms with E-state index in [-0.39, 0.29) is 11.9 Å². The van der Waals surface area contributed by atoms with E-state index in [0.717, 1.165) is 25.7 Å². The van der Waals surface area contributed by atoms with E-state index in [9.17, 15) is 4.79 Å². The molecule has 122 valence electrons. The molecule has 1 heterocycles. The summed E-state index contributed by atoms with van der Waals surface area (Å²) < 4.78 is 11.0. The van der Waals surface area contributed by atoms with Gasteiger partial charge in [-0.3, -0.25) is 4.79 Å². The molecule has 1 aromatic carbocycles. The Labute approximate surface area is 132 Å². The van der Waals surface area contributed by atoms with Gasteiger partial charge in [-0.15, -0.1) is 0 Å². The second-order valence-electron chi connectivity index (χ2n) is 5.69. The van der Waals surface area contributed by atoms with Crippen molar-refractivity contribution >= 4 is 5.91 Å². The van der Waals surface area contributed by atoms with Crippen molar-refractivity contribution in [3.05, 3.63) is 23.8 Å². The quantitative estimate of drug-likeness (QED) is 0.820. The number of piperidine rings is 1. The van der Waals surface area contributed by atoms with Crippen molar-refractivity contribution in [2.45, 2.75) is 38.6 Å². The predicted molar refractivity (Wildman–Crippen MR) is 86.5 cm³/mol. The van der Waals surface area contributed by atoms with Crippen molar-refractivity contribution in [3.8, 4) is 11.5 Å². The molecule has 0 bridgehead atoms. The summed E-state index contributed by atoms with van der Waals surface area (Å²) >= 11 is 0. The largest absolute Gasteiger partial charge is 0.497 e. The smallest absolute Gasteiger partial charge is 0.257 e. The van der Waals surface area contributed by atoms with Crippen molar-refractivity contribution in [1.29, 1.82) is 0 Å². The highest BCUT2D eigenvalue weighted by molar-refractivity contribution is 5.97. The maximum Gasteiger partial charge on any atom is 0.257 e. The minimum atomic E-state index is 0.0149. The number of ether oxygens (including phenoxy) is 2. The summed E-state index contributed by atoms with van der Waals surface area (Å²) in [6, 6.07) is 5.59. The molecular weight excluding hydrogens is 280 g/mol. The van der Waals surface area contributed by atoms with Gasteiger partial charge in [0.05, 0.1) is 19.3 Å². The molecule has 1 amide bonds. The van der Waals surface area contributed by atoms with Crippen LogP contribution in [0.4, 0.5) is 0 Å². The molecule has 22 heavy (non-hydrogen) atoms. The van der Waals surface area contributed by atoms with Gasteiger partial charge in [-0.1, -0.05) is 13.3 Å². The summed E-state index contributed by atoms with van der Waals surface area (Å²) in [5, 5.41) is 0. The molecule has 5 heteroatoms. The van der Waals surface area contributed by atoms with Gasteiger partial charge in [0, 0.05) is 25.2 Å². The predicted octanol–water partition coefficient (Wildman–Crippen LogP) is 2.44. The maximum absolute atomic E-state index is 12.7. The number of hydrogen-bond donors (Lipinski definition) is 1. The number of carbonyl (C=O) groups excluding carboxylic acids is 1. The van der Waals surface area contributed by atoms with Gasteiger partial charge in [0.2, 0.25) is 0 Å². The van der Waals surface area contributed by atoms with E-state index in [0.29, 0.717) is 36.8 Å². The van der Waals surface area contributed by atoms with Gasteiger partial charge in [-0.05, 0) is 31.4 Å². The fraction of sp³-hybridized carbons (Fsp3) is 0.588. The molecule has 1 fully saturated rings. The number of benzene rings is 1. The van der Waals surface area contributed by atoms with Gasteiger partial charge in [0.1, 0.15) is 11.5 Å². The van der Waals surface area contributed by atoms with E-state index in [4.69, 9.17) is 15.2 Å². The van der Waals surface area contributed by atoms with E-state index in [1.54, 1.807) is 25.3 Å². The van der Waals surface area contributed by atoms with E-state index in [2.05, 4.69) is 6.92 Å². The van der Waals surface area contributed by atoms with Crippen LogP contribution in [0.3, 0.4) is 0 Å². The molecule has 0 aliphatic carbocycles. The number of nitrogens with two attached hydrogens (primary N) is 1. The number of methoxy groups -OCH3 is 1. The van der Waals surface area contributed by atoms with Crippen LogP contribution in [0.2, 0.25) is 0 Å². The fourth-order valence-electron chi connectivity index (χ4n) is 2.53. The average molecular weight is 306 g/mol. The van der Waals surface area contributed by atoms with E-state index < -0.39 is 0 Å². The Bertz CT molecular complexity index is 497. The molecule has 1 aromatic rings. The van der Waals surface area contributed by atoms with Crippen LogP contribution < -0.4 is 15.2 Å². The summed E-state index contributed by atoms with van der Waals surface area (Å²) in [7, 11) is 1.61. The lowest BCUT2D eigenvalue weighted by Gasteiger charge is -2.30. The molecule has 1 saturated heterocycles. The normalized spacial score (nSPS) is 15.7. The second-order valence-corrected chi connectivity index (χ2v) is 5.69. The zero-order valence-corrected chi connectivity index (χ0v) is 13.5. The molecule has 2 rings (SSSR count). The number of rotatable bonds is 6. The van der Waals surface area contributed by atoms with Gasteiger partial charge in [0.15, 0.2) is 0 Å². The minimum Gasteiger partial charge on any atom is -0.497 e. The van der Waals surface area contributed by atoms with E-state index >= 15 is 0 Å². The number of nitrogens with zero attached hydrogens (tertiary/aromatic N) is 1. The van der Waals surface area contributed by atoms with Crippen LogP contribution in [-0.2, 0) is 0 Å². The Morgan fingerprint density at radius 1 is 1.36 bits per heavy atom. The first kappa shape index (κ1) is 16.6. The Hall–Kier alpha value is -1.75. The highest BCUT2D eigenvalue weighted by atomic mass is 16.5. The molecule has 0 radical (unpaired) electrons. The monoisotopic (exact) mass is 306 g/mol. The van der Waals surface area contributed by atoms with Crippen LogP contribution in [0.25, 0.3) is 0 Å². The van der Waals surface area contributed by atoms with Crippen LogP contribution >= 0.6 is 0 Å². The average Bonchev–Trinajstić information content (AvgIpc) is 2.55. The SMILES string of the molecule is CCCCOc1cc(OC)ccc1C(=O)N1CCC(N)CC1. The van der Waals surface area contributed by atoms with Gasteiger partial charge < -0.3 is 20.1 Å². The molecule has 5 nitrogen and oxygen atoms in total. The lowest BCUT2D eigenvalue weighted by Crippen LogP contribution is -2.42. The third kappa shape index (κ3) is 4.13. The van der Waals surface area contributed by atoms with E-state index in [1.807, 2.05) is 4.90 Å². The molecule has 0 spiro atoms. The zero-order valence-electron chi connectivity index (χ0n) is 13.5. The first-order valence-corrected chi connectivity index (χ1v) is 8.01. The van der Waals surface area contributed by atoms with Crippen molar-refractivity contribution in [1.82, 2.24) is 4.90 Å². The van der Waals surface area contributed by atoms with Crippen LogP contribution in [0.1, 0.15) is 43.0 Å². The molecular formula is C17H26N2O3. The summed E-state index contributed by atoms with van der Waals surface area (Å²) in [5.41, 5.74) is 6.51. The number of hydrogen-bond acceptors (Lipinski definition) is 4. The Morgan fingerprint density at radius 3 is 2.73 bits per heavy atom. The van der Waals surface area contributed by atoms with Crippen LogP contribution in [0, 0.1) is 0 Å². The Morgan fingerprint density at radius 2 is 2.09 bits per heavy atom. The first-order valence-electron chi connectivity index (χ1n) is 8.01. The van der Waals surface area contributed by atoms with Crippen LogP contribution in [0.15, 0.2) is 18.2 Å². The molecule has 0 aromatic heterocycles. The summed E-state index contributed by atoms with van der Waals surface area (Å²) in [6.45, 7) is 4.13. The second kappa shape index (κ2) is 8.03. The lowest BCUT2D eigenvalue weighted by molar-refractivity contribution is 0.0710. The Kier molecular flexibility index (Phi) is 6.07. The number of carbonyl (C=O) groups is 1. The topological polar surface area (TPSA) is 64.8 Å². The molecule has 0 atom stereocenters. The van der Waals surface area contributed by atoms with Crippen molar-refractivity contribution < 1.29 is 14.3 Å². The molecule has 0 unspecified atom stereocenters. The van der Waals surface area contributed by atoms with Crippen molar-refractivity contribution in [2.75, 3.05) is 26.8 Å². The number of amides is 1.